The molecule has 4 atom stereocenters. The van der Waals surface area contributed by atoms with Gasteiger partial charge in [0.2, 0.25) is 20.0 Å². The zero-order valence-corrected chi connectivity index (χ0v) is 40.0. The molecule has 0 aromatic heterocycles. The first-order chi connectivity index (χ1) is 27.8. The van der Waals surface area contributed by atoms with Gasteiger partial charge in [0.15, 0.2) is 0 Å². The summed E-state index contributed by atoms with van der Waals surface area (Å²) in [5, 5.41) is 7.40. The topological polar surface area (TPSA) is 108 Å². The molecule has 3 N–H and O–H groups in total. The molecule has 2 saturated heterocycles. The Balaban J connectivity index is 0.000000165. The van der Waals surface area contributed by atoms with Crippen molar-refractivity contribution in [3.05, 3.63) is 127 Å². The van der Waals surface area contributed by atoms with E-state index in [9.17, 15) is 16.8 Å². The molecule has 4 aromatic carbocycles. The molecule has 8 rings (SSSR count). The highest BCUT2D eigenvalue weighted by atomic mass is 79.9. The number of rotatable bonds is 13. The number of anilines is 2. The van der Waals surface area contributed by atoms with Crippen molar-refractivity contribution < 1.29 is 16.8 Å². The predicted molar refractivity (Wildman–Crippen MR) is 251 cm³/mol. The highest BCUT2D eigenvalue weighted by Crippen LogP contribution is 2.63. The van der Waals surface area contributed by atoms with E-state index in [0.717, 1.165) is 95.0 Å². The van der Waals surface area contributed by atoms with E-state index in [1.165, 1.54) is 23.6 Å². The first-order valence-electron chi connectivity index (χ1n) is 19.9. The van der Waals surface area contributed by atoms with Crippen molar-refractivity contribution in [1.82, 2.24) is 10.2 Å². The minimum Gasteiger partial charge on any atom is -0.316 e. The number of sulfonamides is 2. The van der Waals surface area contributed by atoms with Crippen LogP contribution in [-0.4, -0.2) is 72.3 Å². The molecule has 4 fully saturated rings. The summed E-state index contributed by atoms with van der Waals surface area (Å²) in [6, 6.07) is 26.9. The molecule has 4 unspecified atom stereocenters. The Morgan fingerprint density at radius 3 is 1.44 bits per heavy atom. The van der Waals surface area contributed by atoms with Gasteiger partial charge in [-0.05, 0) is 140 Å². The summed E-state index contributed by atoms with van der Waals surface area (Å²) in [5.41, 5.74) is 6.23. The van der Waals surface area contributed by atoms with Gasteiger partial charge >= 0.3 is 0 Å². The Labute approximate surface area is 379 Å². The van der Waals surface area contributed by atoms with E-state index in [0.29, 0.717) is 35.0 Å². The Morgan fingerprint density at radius 2 is 1.03 bits per heavy atom. The third kappa shape index (κ3) is 11.3. The van der Waals surface area contributed by atoms with Gasteiger partial charge in [0, 0.05) is 60.7 Å². The molecule has 15 heteroatoms. The lowest BCUT2D eigenvalue weighted by Gasteiger charge is -2.25. The molecule has 0 amide bonds. The summed E-state index contributed by atoms with van der Waals surface area (Å²) in [4.78, 5) is 2.53. The fourth-order valence-corrected chi connectivity index (χ4v) is 11.9. The minimum absolute atomic E-state index is 0.137. The number of likely N-dealkylation sites (tertiary alicyclic amines) is 1. The van der Waals surface area contributed by atoms with Crippen LogP contribution >= 0.6 is 62.3 Å². The highest BCUT2D eigenvalue weighted by Gasteiger charge is 2.65. The Kier molecular flexibility index (Phi) is 15.1. The number of piperidine rings is 2. The summed E-state index contributed by atoms with van der Waals surface area (Å²) in [7, 11) is -6.46. The Bertz CT molecular complexity index is 2290. The van der Waals surface area contributed by atoms with Crippen LogP contribution in [0, 0.1) is 23.7 Å². The number of alkyl halides is 1. The second-order valence-electron chi connectivity index (χ2n) is 16.6. The smallest absolute Gasteiger partial charge is 0.229 e. The fraction of sp³-hybridized carbons (Fsp3) is 0.455. The van der Waals surface area contributed by atoms with Crippen molar-refractivity contribution in [2.45, 2.75) is 50.4 Å². The number of halogens is 5. The van der Waals surface area contributed by atoms with Crippen LogP contribution in [0.3, 0.4) is 0 Å². The van der Waals surface area contributed by atoms with Crippen molar-refractivity contribution >= 4 is 93.8 Å². The number of fused-ring (bicyclic) bond motifs is 2. The van der Waals surface area contributed by atoms with Gasteiger partial charge in [0.1, 0.15) is 0 Å². The van der Waals surface area contributed by atoms with Gasteiger partial charge in [0.05, 0.1) is 12.5 Å². The maximum absolute atomic E-state index is 11.5. The first kappa shape index (κ1) is 46.4. The molecule has 8 nitrogen and oxygen atoms in total. The predicted octanol–water partition coefficient (Wildman–Crippen LogP) is 10.3. The number of hydrogen-bond acceptors (Lipinski definition) is 6. The van der Waals surface area contributed by atoms with Crippen LogP contribution in [0.2, 0.25) is 20.1 Å². The molecular weight excluding hydrogens is 934 g/mol. The molecule has 0 spiro atoms. The van der Waals surface area contributed by atoms with Crippen LogP contribution in [0.4, 0.5) is 11.4 Å². The van der Waals surface area contributed by atoms with E-state index in [1.807, 2.05) is 60.7 Å². The monoisotopic (exact) mass is 984 g/mol. The van der Waals surface area contributed by atoms with Crippen LogP contribution in [0.5, 0.6) is 0 Å². The van der Waals surface area contributed by atoms with Gasteiger partial charge in [-0.1, -0.05) is 113 Å². The maximum Gasteiger partial charge on any atom is 0.229 e. The van der Waals surface area contributed by atoms with Gasteiger partial charge in [-0.3, -0.25) is 9.44 Å². The van der Waals surface area contributed by atoms with E-state index in [2.05, 4.69) is 61.6 Å². The van der Waals surface area contributed by atoms with Gasteiger partial charge in [-0.25, -0.2) is 16.8 Å². The largest absolute Gasteiger partial charge is 0.316 e. The minimum atomic E-state index is -3.26. The summed E-state index contributed by atoms with van der Waals surface area (Å²) in [6.45, 7) is 9.95. The summed E-state index contributed by atoms with van der Waals surface area (Å²) >= 11 is 27.8. The number of nitrogens with one attached hydrogen (secondary N) is 3. The highest BCUT2D eigenvalue weighted by molar-refractivity contribution is 9.09. The van der Waals surface area contributed by atoms with Gasteiger partial charge in [-0.2, -0.15) is 0 Å². The molecule has 0 bridgehead atoms. The maximum atomic E-state index is 11.5. The van der Waals surface area contributed by atoms with Crippen LogP contribution < -0.4 is 14.8 Å². The second kappa shape index (κ2) is 19.1. The molecule has 320 valence electrons. The summed E-state index contributed by atoms with van der Waals surface area (Å²) in [5.74, 6) is 2.65. The second-order valence-corrected chi connectivity index (χ2v) is 22.5. The molecule has 0 radical (unpaired) electrons. The first-order valence-corrected chi connectivity index (χ1v) is 26.3. The van der Waals surface area contributed by atoms with Crippen LogP contribution in [0.15, 0.2) is 84.9 Å². The molecule has 2 aliphatic heterocycles. The van der Waals surface area contributed by atoms with Gasteiger partial charge in [0.25, 0.3) is 0 Å². The molecule has 59 heavy (non-hydrogen) atoms. The van der Waals surface area contributed by atoms with E-state index >= 15 is 0 Å². The van der Waals surface area contributed by atoms with E-state index in [1.54, 1.807) is 12.1 Å². The van der Waals surface area contributed by atoms with Crippen molar-refractivity contribution in [2.75, 3.05) is 60.0 Å². The third-order valence-electron chi connectivity index (χ3n) is 12.6. The average molecular weight is 988 g/mol. The van der Waals surface area contributed by atoms with E-state index < -0.39 is 20.0 Å². The molecule has 2 aliphatic carbocycles. The zero-order valence-electron chi connectivity index (χ0n) is 33.7. The fourth-order valence-electron chi connectivity index (χ4n) is 9.33. The van der Waals surface area contributed by atoms with Crippen molar-refractivity contribution in [3.8, 4) is 0 Å². The van der Waals surface area contributed by atoms with Crippen molar-refractivity contribution in [1.29, 1.82) is 0 Å². The van der Waals surface area contributed by atoms with E-state index in [-0.39, 0.29) is 10.8 Å². The van der Waals surface area contributed by atoms with Gasteiger partial charge < -0.3 is 10.2 Å². The molecule has 2 heterocycles. The number of benzene rings is 4. The van der Waals surface area contributed by atoms with E-state index in [4.69, 9.17) is 46.4 Å². The third-order valence-corrected chi connectivity index (χ3v) is 15.8. The Hall–Kier alpha value is -2.06. The Morgan fingerprint density at radius 1 is 0.644 bits per heavy atom. The van der Waals surface area contributed by atoms with Gasteiger partial charge in [-0.15, -0.1) is 0 Å². The molecule has 4 aromatic rings. The van der Waals surface area contributed by atoms with Crippen LogP contribution in [0.25, 0.3) is 0 Å². The normalized spacial score (nSPS) is 25.4. The van der Waals surface area contributed by atoms with Crippen molar-refractivity contribution in [3.63, 3.8) is 0 Å². The number of nitrogens with zero attached hydrogens (tertiary/aromatic N) is 1. The lowest BCUT2D eigenvalue weighted by atomic mass is 9.92. The number of hydrogen-bond donors (Lipinski definition) is 3. The van der Waals surface area contributed by atoms with Crippen molar-refractivity contribution in [2.24, 2.45) is 23.7 Å². The lowest BCUT2D eigenvalue weighted by molar-refractivity contribution is 0.274. The molecule has 2 saturated carbocycles. The standard InChI is InChI=1S/C22H26Cl2N2O2S.C13H18N2O2S.C9H9BrCl2/c1-22(15-6-3-7-16(12-15)25-29(2,27)28)18-13-26(14-19(18)22)11-5-8-17-20(23)9-4-10-21(17)24;1-13(11-7-14-8-12(11)13)9-4-3-5-10(6-9)15-18(2,16)17;10-6-2-3-7-8(11)4-1-5-9(7)12/h3-4,6-7,9-10,12,18-19,25H,5,8,11,13-14H2,1-2H3;3-6,11-12,14-15H,7-8H2,1-2H3;1,4-5H,2-3,6H2. The SMILES string of the molecule is CC1(c2cccc(NS(C)(=O)=O)c2)C2CN(CCCc3c(Cl)cccc3Cl)CC21.CC1(c2cccc(NS(C)(=O)=O)c2)C2CNCC21.Clc1cccc(Cl)c1CCCBr. The quantitative estimate of drug-likeness (QED) is 0.115. The van der Waals surface area contributed by atoms with Crippen LogP contribution in [0.1, 0.15) is 48.9 Å². The zero-order chi connectivity index (χ0) is 42.8. The molecular formula is C44H53BrCl4N4O4S2. The lowest BCUT2D eigenvalue weighted by Crippen LogP contribution is -2.30. The summed E-state index contributed by atoms with van der Waals surface area (Å²) < 4.78 is 50.7. The van der Waals surface area contributed by atoms with Crippen LogP contribution in [-0.2, 0) is 43.7 Å². The summed E-state index contributed by atoms with van der Waals surface area (Å²) in [6.07, 6.45) is 6.28. The average Bonchev–Trinajstić information content (AvgIpc) is 3.62. The molecule has 4 aliphatic rings.